The molecule has 0 aliphatic heterocycles. The van der Waals surface area contributed by atoms with Gasteiger partial charge in [-0.3, -0.25) is 4.79 Å². The minimum atomic E-state index is -0.253. The average molecular weight is 329 g/mol. The Balaban J connectivity index is 1.47. The molecular weight excluding hydrogens is 310 g/mol. The number of hydrogen-bond acceptors (Lipinski definition) is 6. The van der Waals surface area contributed by atoms with Crippen molar-refractivity contribution in [3.63, 3.8) is 0 Å². The molecule has 0 saturated heterocycles. The Morgan fingerprint density at radius 3 is 2.88 bits per heavy atom. The normalized spacial score (nSPS) is 13.9. The first-order valence-electron chi connectivity index (χ1n) is 7.89. The number of amides is 1. The van der Waals surface area contributed by atoms with E-state index in [0.29, 0.717) is 35.7 Å². The first-order chi connectivity index (χ1) is 11.7. The highest BCUT2D eigenvalue weighted by Gasteiger charge is 2.29. The minimum Gasteiger partial charge on any atom is -0.501 e. The van der Waals surface area contributed by atoms with Gasteiger partial charge in [-0.15, -0.1) is 0 Å². The van der Waals surface area contributed by atoms with Crippen LogP contribution >= 0.6 is 0 Å². The lowest BCUT2D eigenvalue weighted by Crippen LogP contribution is -2.07. The maximum absolute atomic E-state index is 11.6. The highest BCUT2D eigenvalue weighted by molar-refractivity contribution is 5.99. The number of anilines is 1. The van der Waals surface area contributed by atoms with Crippen molar-refractivity contribution in [3.8, 4) is 5.75 Å². The van der Waals surface area contributed by atoms with Crippen molar-refractivity contribution in [2.75, 3.05) is 11.9 Å². The van der Waals surface area contributed by atoms with E-state index in [9.17, 15) is 4.79 Å². The Labute approximate surface area is 139 Å². The average Bonchev–Trinajstić information content (AvgIpc) is 3.33. The number of carbonyl (C=O) groups excluding carboxylic acids is 1. The summed E-state index contributed by atoms with van der Waals surface area (Å²) in [5, 5.41) is 6.62. The summed E-state index contributed by atoms with van der Waals surface area (Å²) in [6.07, 6.45) is 4.94. The van der Waals surface area contributed by atoms with Crippen molar-refractivity contribution in [2.24, 2.45) is 0 Å². The smallest absolute Gasteiger partial charge is 0.251 e. The lowest BCUT2D eigenvalue weighted by molar-refractivity contribution is -0.112. The Hall–Kier alpha value is -2.83. The van der Waals surface area contributed by atoms with Gasteiger partial charge in [0, 0.05) is 17.7 Å². The van der Waals surface area contributed by atoms with Gasteiger partial charge in [0.05, 0.1) is 12.9 Å². The predicted octanol–water partition coefficient (Wildman–Crippen LogP) is 3.01. The second kappa shape index (κ2) is 7.63. The standard InChI is InChI=1S/C17H19N3O4/c1-2-22-10-9-16(21)18-13-5-7-14(8-6-13)23-11-15-19-17(24-20-15)12-3-4-12/h5-10,12H,2-4,11H2,1H3,(H,18,21)/b10-9+. The molecule has 2 aromatic rings. The van der Waals surface area contributed by atoms with E-state index in [0.717, 1.165) is 12.8 Å². The third-order valence-corrected chi connectivity index (χ3v) is 3.38. The largest absolute Gasteiger partial charge is 0.501 e. The lowest BCUT2D eigenvalue weighted by Gasteiger charge is -2.05. The Morgan fingerprint density at radius 2 is 2.17 bits per heavy atom. The molecular formula is C17H19N3O4. The van der Waals surface area contributed by atoms with Gasteiger partial charge >= 0.3 is 0 Å². The molecule has 0 unspecified atom stereocenters. The van der Waals surface area contributed by atoms with Gasteiger partial charge in [0.25, 0.3) is 5.91 Å². The molecule has 1 N–H and O–H groups in total. The van der Waals surface area contributed by atoms with Crippen molar-refractivity contribution in [2.45, 2.75) is 32.3 Å². The van der Waals surface area contributed by atoms with Crippen LogP contribution in [0.4, 0.5) is 5.69 Å². The topological polar surface area (TPSA) is 86.5 Å². The van der Waals surface area contributed by atoms with E-state index >= 15 is 0 Å². The van der Waals surface area contributed by atoms with E-state index in [1.165, 1.54) is 12.3 Å². The van der Waals surface area contributed by atoms with E-state index in [2.05, 4.69) is 15.5 Å². The summed E-state index contributed by atoms with van der Waals surface area (Å²) < 4.78 is 15.8. The number of carbonyl (C=O) groups is 1. The molecule has 0 radical (unpaired) electrons. The number of rotatable bonds is 8. The van der Waals surface area contributed by atoms with Gasteiger partial charge in [0.1, 0.15) is 5.75 Å². The molecule has 1 fully saturated rings. The molecule has 1 amide bonds. The zero-order valence-corrected chi connectivity index (χ0v) is 13.4. The van der Waals surface area contributed by atoms with Crippen molar-refractivity contribution < 1.29 is 18.8 Å². The number of benzene rings is 1. The van der Waals surface area contributed by atoms with Crippen LogP contribution in [0.15, 0.2) is 41.1 Å². The van der Waals surface area contributed by atoms with E-state index in [1.807, 2.05) is 6.92 Å². The fourth-order valence-electron chi connectivity index (χ4n) is 1.99. The van der Waals surface area contributed by atoms with E-state index in [-0.39, 0.29) is 12.5 Å². The van der Waals surface area contributed by atoms with Crippen LogP contribution in [0, 0.1) is 0 Å². The molecule has 7 nitrogen and oxygen atoms in total. The Kier molecular flexibility index (Phi) is 5.10. The Bertz CT molecular complexity index is 705. The van der Waals surface area contributed by atoms with Crippen LogP contribution in [0.1, 0.15) is 37.4 Å². The summed E-state index contributed by atoms with van der Waals surface area (Å²) >= 11 is 0. The quantitative estimate of drug-likeness (QED) is 0.592. The predicted molar refractivity (Wildman–Crippen MR) is 86.4 cm³/mol. The highest BCUT2D eigenvalue weighted by Crippen LogP contribution is 2.38. The maximum atomic E-state index is 11.6. The molecule has 1 aromatic heterocycles. The van der Waals surface area contributed by atoms with Gasteiger partial charge < -0.3 is 19.3 Å². The number of hydrogen-bond donors (Lipinski definition) is 1. The van der Waals surface area contributed by atoms with Crippen LogP contribution in [-0.2, 0) is 16.1 Å². The second-order valence-corrected chi connectivity index (χ2v) is 5.38. The molecule has 1 saturated carbocycles. The number of ether oxygens (including phenoxy) is 2. The molecule has 1 aliphatic carbocycles. The van der Waals surface area contributed by atoms with E-state index < -0.39 is 0 Å². The van der Waals surface area contributed by atoms with Crippen molar-refractivity contribution in [1.29, 1.82) is 0 Å². The number of aromatic nitrogens is 2. The molecule has 1 heterocycles. The molecule has 0 spiro atoms. The maximum Gasteiger partial charge on any atom is 0.251 e. The van der Waals surface area contributed by atoms with Crippen LogP contribution in [0.2, 0.25) is 0 Å². The first kappa shape index (κ1) is 16.0. The summed E-state index contributed by atoms with van der Waals surface area (Å²) in [6, 6.07) is 7.05. The first-order valence-corrected chi connectivity index (χ1v) is 7.89. The fourth-order valence-corrected chi connectivity index (χ4v) is 1.99. The van der Waals surface area contributed by atoms with E-state index in [4.69, 9.17) is 14.0 Å². The van der Waals surface area contributed by atoms with Crippen molar-refractivity contribution >= 4 is 11.6 Å². The van der Waals surface area contributed by atoms with Gasteiger partial charge in [-0.2, -0.15) is 4.98 Å². The molecule has 1 aliphatic rings. The summed E-state index contributed by atoms with van der Waals surface area (Å²) in [6.45, 7) is 2.62. The molecule has 0 bridgehead atoms. The SMILES string of the molecule is CCO/C=C/C(=O)Nc1ccc(OCc2noc(C3CC3)n2)cc1. The van der Waals surface area contributed by atoms with E-state index in [1.54, 1.807) is 24.3 Å². The third-order valence-electron chi connectivity index (χ3n) is 3.38. The molecule has 24 heavy (non-hydrogen) atoms. The van der Waals surface area contributed by atoms with Gasteiger partial charge in [-0.25, -0.2) is 0 Å². The van der Waals surface area contributed by atoms with Gasteiger partial charge in [-0.1, -0.05) is 5.16 Å². The van der Waals surface area contributed by atoms with Crippen LogP contribution in [0.25, 0.3) is 0 Å². The summed E-state index contributed by atoms with van der Waals surface area (Å²) in [5.74, 6) is 2.08. The molecule has 126 valence electrons. The molecule has 0 atom stereocenters. The summed E-state index contributed by atoms with van der Waals surface area (Å²) in [7, 11) is 0. The van der Waals surface area contributed by atoms with Crippen LogP contribution in [0.3, 0.4) is 0 Å². The van der Waals surface area contributed by atoms with Crippen molar-refractivity contribution in [1.82, 2.24) is 10.1 Å². The zero-order valence-electron chi connectivity index (χ0n) is 13.4. The van der Waals surface area contributed by atoms with Gasteiger partial charge in [-0.05, 0) is 44.0 Å². The molecule has 7 heteroatoms. The van der Waals surface area contributed by atoms with Gasteiger partial charge in [0.2, 0.25) is 11.7 Å². The Morgan fingerprint density at radius 1 is 1.38 bits per heavy atom. The minimum absolute atomic E-state index is 0.249. The monoisotopic (exact) mass is 329 g/mol. The lowest BCUT2D eigenvalue weighted by atomic mass is 10.3. The molecule has 1 aromatic carbocycles. The fraction of sp³-hybridized carbons (Fsp3) is 0.353. The zero-order chi connectivity index (χ0) is 16.8. The third kappa shape index (κ3) is 4.58. The van der Waals surface area contributed by atoms with Crippen molar-refractivity contribution in [3.05, 3.63) is 48.3 Å². The summed E-state index contributed by atoms with van der Waals surface area (Å²) in [4.78, 5) is 15.9. The second-order valence-electron chi connectivity index (χ2n) is 5.38. The highest BCUT2D eigenvalue weighted by atomic mass is 16.5. The summed E-state index contributed by atoms with van der Waals surface area (Å²) in [5.41, 5.74) is 0.670. The molecule has 3 rings (SSSR count). The van der Waals surface area contributed by atoms with Gasteiger partial charge in [0.15, 0.2) is 6.61 Å². The van der Waals surface area contributed by atoms with Crippen LogP contribution < -0.4 is 10.1 Å². The van der Waals surface area contributed by atoms with Crippen LogP contribution in [-0.4, -0.2) is 22.7 Å². The van der Waals surface area contributed by atoms with Crippen LogP contribution in [0.5, 0.6) is 5.75 Å². The number of nitrogens with one attached hydrogen (secondary N) is 1. The number of nitrogens with zero attached hydrogens (tertiary/aromatic N) is 2.